The Bertz CT molecular complexity index is 3070. The average molecular weight is 1260 g/mol. The third kappa shape index (κ3) is 20.7. The van der Waals surface area contributed by atoms with Crippen LogP contribution in [0.1, 0.15) is 96.1 Å². The van der Waals surface area contributed by atoms with Gasteiger partial charge < -0.3 is 53.6 Å². The standard InChI is InChI=1S/C59H80Cl2F3N5O13S2/c1-39-31-42(60)34-49-47(39)37-51(68(4)5)56(49)80-54-18-16-46(33-41(54)3)84(74,75)67-21-25-79-29-26-76-22-11-14-44(70)13-9-8-10-19-65-58(71)66-20-24-78-28-27-77-23-12-30-83(72,73)45-15-17-53(40(2)32-45)81-57-50-35-43(61)36-55(82-59(62,63)64)48(50)38-52(57)69(6)7/h15-18,31-36,51-52,56-57,67H,8-14,19-30,37-38H2,1-7H3,(H2,65,66,71)/t51-,52-,56-,57-/m0/s1. The maximum atomic E-state index is 13.2. The molecule has 0 saturated heterocycles. The molecule has 4 aromatic carbocycles. The molecule has 6 rings (SSSR count). The predicted molar refractivity (Wildman–Crippen MR) is 315 cm³/mol. The highest BCUT2D eigenvalue weighted by Crippen LogP contribution is 2.45. The van der Waals surface area contributed by atoms with Crippen LogP contribution in [0.3, 0.4) is 0 Å². The third-order valence-corrected chi connectivity index (χ3v) is 18.2. The van der Waals surface area contributed by atoms with Gasteiger partial charge in [-0.3, -0.25) is 4.79 Å². The number of aryl methyl sites for hydroxylation is 3. The SMILES string of the molecule is Cc1cc(S(=O)(=O)NCCOCCOCCCC(=O)CCCCCNC(=O)NCCOCCOCCCS(=O)(=O)c2ccc(O[C@H]3c4cc(Cl)cc(OC(F)(F)F)c4C[C@@H]3N(C)C)c(C)c2)ccc1O[C@H]1c2cc(Cl)cc(C)c2C[C@@H]1N(C)C. The van der Waals surface area contributed by atoms with E-state index >= 15 is 0 Å². The lowest BCUT2D eigenvalue weighted by Gasteiger charge is -2.28. The Morgan fingerprint density at radius 3 is 1.68 bits per heavy atom. The summed E-state index contributed by atoms with van der Waals surface area (Å²) >= 11 is 12.6. The molecule has 0 heterocycles. The maximum Gasteiger partial charge on any atom is 0.573 e. The van der Waals surface area contributed by atoms with Crippen LogP contribution in [0, 0.1) is 20.8 Å². The van der Waals surface area contributed by atoms with Crippen molar-refractivity contribution in [2.75, 3.05) is 106 Å². The second-order valence-electron chi connectivity index (χ2n) is 21.4. The maximum absolute atomic E-state index is 13.2. The van der Waals surface area contributed by atoms with E-state index in [9.17, 15) is 39.6 Å². The number of Topliss-reactive ketones (excluding diaryl/α,β-unsaturated/α-hetero) is 1. The molecule has 0 aromatic heterocycles. The molecule has 4 atom stereocenters. The van der Waals surface area contributed by atoms with Crippen LogP contribution in [0.2, 0.25) is 10.0 Å². The van der Waals surface area contributed by atoms with Gasteiger partial charge in [-0.25, -0.2) is 26.4 Å². The molecular formula is C59H80Cl2F3N5O13S2. The summed E-state index contributed by atoms with van der Waals surface area (Å²) in [4.78, 5) is 28.7. The van der Waals surface area contributed by atoms with Crippen molar-refractivity contribution in [3.63, 3.8) is 0 Å². The number of ketones is 1. The van der Waals surface area contributed by atoms with Crippen molar-refractivity contribution in [1.29, 1.82) is 0 Å². The van der Waals surface area contributed by atoms with Gasteiger partial charge in [0.05, 0.1) is 67.3 Å². The molecule has 0 spiro atoms. The van der Waals surface area contributed by atoms with Crippen molar-refractivity contribution in [3.05, 3.63) is 110 Å². The molecule has 3 N–H and O–H groups in total. The van der Waals surface area contributed by atoms with Gasteiger partial charge in [-0.15, -0.1) is 13.2 Å². The second kappa shape index (κ2) is 32.3. The van der Waals surface area contributed by atoms with E-state index in [1.165, 1.54) is 23.8 Å². The number of likely N-dealkylation sites (N-methyl/N-ethyl adjacent to an activating group) is 2. The van der Waals surface area contributed by atoms with E-state index in [0.29, 0.717) is 84.2 Å². The quantitative estimate of drug-likeness (QED) is 0.0362. The molecule has 0 bridgehead atoms. The molecule has 2 aliphatic rings. The summed E-state index contributed by atoms with van der Waals surface area (Å²) in [7, 11) is 0.152. The van der Waals surface area contributed by atoms with E-state index in [1.807, 2.05) is 38.1 Å². The van der Waals surface area contributed by atoms with Gasteiger partial charge in [0.1, 0.15) is 35.2 Å². The van der Waals surface area contributed by atoms with E-state index in [4.69, 9.17) is 51.6 Å². The van der Waals surface area contributed by atoms with Crippen molar-refractivity contribution >= 4 is 54.9 Å². The highest BCUT2D eigenvalue weighted by molar-refractivity contribution is 7.91. The molecule has 0 radical (unpaired) electrons. The Morgan fingerprint density at radius 1 is 0.571 bits per heavy atom. The van der Waals surface area contributed by atoms with Crippen molar-refractivity contribution < 1.29 is 72.8 Å². The van der Waals surface area contributed by atoms with Crippen LogP contribution in [0.4, 0.5) is 18.0 Å². The Balaban J connectivity index is 0.720. The first-order valence-corrected chi connectivity index (χ1v) is 32.0. The summed E-state index contributed by atoms with van der Waals surface area (Å²) in [6, 6.07) is 15.4. The number of ether oxygens (including phenoxy) is 7. The Morgan fingerprint density at radius 2 is 1.08 bits per heavy atom. The number of amides is 2. The van der Waals surface area contributed by atoms with Gasteiger partial charge in [0.2, 0.25) is 10.0 Å². The first-order valence-electron chi connectivity index (χ1n) is 28.1. The van der Waals surface area contributed by atoms with Crippen molar-refractivity contribution in [2.45, 2.75) is 119 Å². The van der Waals surface area contributed by atoms with Crippen molar-refractivity contribution in [1.82, 2.24) is 25.2 Å². The first-order chi connectivity index (χ1) is 39.8. The summed E-state index contributed by atoms with van der Waals surface area (Å²) in [5.41, 5.74) is 5.42. The number of halogens is 5. The highest BCUT2D eigenvalue weighted by Gasteiger charge is 2.42. The van der Waals surface area contributed by atoms with Crippen LogP contribution in [-0.2, 0) is 56.4 Å². The number of carbonyl (C=O) groups is 2. The molecule has 0 fully saturated rings. The molecule has 2 amide bonds. The number of nitrogens with one attached hydrogen (secondary N) is 3. The zero-order chi connectivity index (χ0) is 61.2. The fraction of sp³-hybridized carbons (Fsp3) is 0.559. The smallest absolute Gasteiger partial charge is 0.484 e. The minimum Gasteiger partial charge on any atom is -0.484 e. The molecule has 25 heteroatoms. The highest BCUT2D eigenvalue weighted by atomic mass is 35.5. The summed E-state index contributed by atoms with van der Waals surface area (Å²) in [5.74, 6) is 0.585. The summed E-state index contributed by atoms with van der Waals surface area (Å²) in [6.07, 6.45) is -0.933. The molecular weight excluding hydrogens is 1180 g/mol. The molecule has 84 heavy (non-hydrogen) atoms. The summed E-state index contributed by atoms with van der Waals surface area (Å²) < 4.78 is 134. The average Bonchev–Trinajstić information content (AvgIpc) is 2.00. The van der Waals surface area contributed by atoms with Crippen LogP contribution in [0.15, 0.2) is 70.5 Å². The van der Waals surface area contributed by atoms with Gasteiger partial charge in [0.25, 0.3) is 0 Å². The number of nitrogens with zero attached hydrogens (tertiary/aromatic N) is 2. The van der Waals surface area contributed by atoms with Crippen LogP contribution in [0.5, 0.6) is 17.2 Å². The topological polar surface area (TPSA) is 210 Å². The lowest BCUT2D eigenvalue weighted by molar-refractivity contribution is -0.274. The first kappa shape index (κ1) is 68.3. The van der Waals surface area contributed by atoms with Crippen LogP contribution >= 0.6 is 23.2 Å². The second-order valence-corrected chi connectivity index (χ2v) is 26.1. The van der Waals surface area contributed by atoms with Gasteiger partial charge >= 0.3 is 12.4 Å². The molecule has 18 nitrogen and oxygen atoms in total. The van der Waals surface area contributed by atoms with Gasteiger partial charge in [-0.2, -0.15) is 0 Å². The summed E-state index contributed by atoms with van der Waals surface area (Å²) in [5, 5.41) is 6.22. The van der Waals surface area contributed by atoms with Gasteiger partial charge in [0, 0.05) is 66.9 Å². The largest absolute Gasteiger partial charge is 0.573 e. The predicted octanol–water partition coefficient (Wildman–Crippen LogP) is 9.45. The number of carbonyl (C=O) groups excluding carboxylic acids is 2. The fourth-order valence-corrected chi connectivity index (χ4v) is 13.1. The van der Waals surface area contributed by atoms with E-state index in [0.717, 1.165) is 36.5 Å². The van der Waals surface area contributed by atoms with Crippen LogP contribution < -0.4 is 29.6 Å². The monoisotopic (exact) mass is 1260 g/mol. The minimum atomic E-state index is -4.90. The van der Waals surface area contributed by atoms with Crippen LogP contribution in [-0.4, -0.2) is 163 Å². The number of hydrogen-bond acceptors (Lipinski definition) is 15. The van der Waals surface area contributed by atoms with Gasteiger partial charge in [-0.05, 0) is 176 Å². The molecule has 0 unspecified atom stereocenters. The van der Waals surface area contributed by atoms with E-state index in [1.54, 1.807) is 45.3 Å². The number of urea groups is 1. The van der Waals surface area contributed by atoms with E-state index in [2.05, 4.69) is 31.9 Å². The molecule has 4 aromatic rings. The zero-order valence-electron chi connectivity index (χ0n) is 48.8. The van der Waals surface area contributed by atoms with Gasteiger partial charge in [0.15, 0.2) is 9.84 Å². The molecule has 466 valence electrons. The Kier molecular flexibility index (Phi) is 26.2. The molecule has 0 aliphatic heterocycles. The summed E-state index contributed by atoms with van der Waals surface area (Å²) in [6.45, 7) is 8.47. The Labute approximate surface area is 502 Å². The van der Waals surface area contributed by atoms with Gasteiger partial charge in [-0.1, -0.05) is 29.6 Å². The number of alkyl halides is 3. The molecule has 0 saturated carbocycles. The Hall–Kier alpha value is -4.79. The van der Waals surface area contributed by atoms with E-state index in [-0.39, 0.29) is 122 Å². The number of hydrogen-bond donors (Lipinski definition) is 3. The van der Waals surface area contributed by atoms with Crippen LogP contribution in [0.25, 0.3) is 0 Å². The third-order valence-electron chi connectivity index (χ3n) is 14.5. The van der Waals surface area contributed by atoms with Crippen molar-refractivity contribution in [3.8, 4) is 17.2 Å². The normalized spacial score (nSPS) is 16.9. The van der Waals surface area contributed by atoms with Crippen molar-refractivity contribution in [2.24, 2.45) is 0 Å². The fourth-order valence-electron chi connectivity index (χ4n) is 10.1. The zero-order valence-corrected chi connectivity index (χ0v) is 52.0. The van der Waals surface area contributed by atoms with E-state index < -0.39 is 32.3 Å². The minimum absolute atomic E-state index is 0.0630. The number of fused-ring (bicyclic) bond motifs is 2. The number of rotatable bonds is 36. The number of benzene rings is 4. The number of unbranched alkanes of at least 4 members (excludes halogenated alkanes) is 2. The molecule has 2 aliphatic carbocycles. The number of sulfonamides is 1. The lowest BCUT2D eigenvalue weighted by Crippen LogP contribution is -2.37. The number of sulfone groups is 1. The lowest BCUT2D eigenvalue weighted by atomic mass is 10.0.